The number of amides is 2. The molecule has 4 N–H and O–H groups in total. The fraction of sp³-hybridized carbons (Fsp3) is 0.0667. The second kappa shape index (κ2) is 5.76. The number of carbonyl (C=O) groups is 2. The Kier molecular flexibility index (Phi) is 3.63. The van der Waals surface area contributed by atoms with Crippen molar-refractivity contribution in [2.45, 2.75) is 6.92 Å². The third-order valence-corrected chi connectivity index (χ3v) is 3.16. The number of benzene rings is 1. The van der Waals surface area contributed by atoms with Gasteiger partial charge in [0.25, 0.3) is 11.5 Å². The van der Waals surface area contributed by atoms with Crippen LogP contribution in [0.1, 0.15) is 17.3 Å². The van der Waals surface area contributed by atoms with Gasteiger partial charge in [0.2, 0.25) is 5.91 Å². The number of H-pyrrole nitrogens is 2. The second-order valence-electron chi connectivity index (χ2n) is 4.87. The summed E-state index contributed by atoms with van der Waals surface area (Å²) in [5.41, 5.74) is 1.20. The zero-order valence-corrected chi connectivity index (χ0v) is 12.1. The van der Waals surface area contributed by atoms with Gasteiger partial charge in [-0.25, -0.2) is 4.98 Å². The van der Waals surface area contributed by atoms with Crippen LogP contribution in [0.5, 0.6) is 0 Å². The number of nitrogens with one attached hydrogen (secondary N) is 4. The highest BCUT2D eigenvalue weighted by Gasteiger charge is 2.15. The summed E-state index contributed by atoms with van der Waals surface area (Å²) in [6.07, 6.45) is 2.69. The molecule has 0 fully saturated rings. The predicted molar refractivity (Wildman–Crippen MR) is 85.4 cm³/mol. The van der Waals surface area contributed by atoms with E-state index in [-0.39, 0.29) is 16.9 Å². The van der Waals surface area contributed by atoms with Gasteiger partial charge in [-0.05, 0) is 18.2 Å². The van der Waals surface area contributed by atoms with Gasteiger partial charge in [-0.1, -0.05) is 6.07 Å². The third kappa shape index (κ3) is 2.95. The molecular formula is C15H13N5O3. The number of hydrogen-bond donors (Lipinski definition) is 4. The van der Waals surface area contributed by atoms with Crippen molar-refractivity contribution >= 4 is 34.2 Å². The number of anilines is 2. The number of hydrogen-bond acceptors (Lipinski definition) is 4. The summed E-state index contributed by atoms with van der Waals surface area (Å²) in [6.45, 7) is 1.40. The molecule has 2 amide bonds. The van der Waals surface area contributed by atoms with Crippen molar-refractivity contribution in [1.82, 2.24) is 15.0 Å². The molecule has 0 aliphatic carbocycles. The van der Waals surface area contributed by atoms with Gasteiger partial charge in [0.1, 0.15) is 5.65 Å². The van der Waals surface area contributed by atoms with Crippen LogP contribution in [-0.4, -0.2) is 26.8 Å². The van der Waals surface area contributed by atoms with Crippen molar-refractivity contribution in [3.8, 4) is 0 Å². The van der Waals surface area contributed by atoms with Gasteiger partial charge in [0.15, 0.2) is 0 Å². The molecule has 0 saturated carbocycles. The first-order valence-corrected chi connectivity index (χ1v) is 6.78. The molecule has 0 bridgehead atoms. The minimum absolute atomic E-state index is 0.194. The quantitative estimate of drug-likeness (QED) is 0.585. The van der Waals surface area contributed by atoms with Crippen LogP contribution in [0.25, 0.3) is 11.0 Å². The first-order chi connectivity index (χ1) is 11.0. The zero-order valence-electron chi connectivity index (χ0n) is 12.1. The predicted octanol–water partition coefficient (Wildman–Crippen LogP) is 1.46. The van der Waals surface area contributed by atoms with E-state index < -0.39 is 11.5 Å². The van der Waals surface area contributed by atoms with E-state index in [0.717, 1.165) is 0 Å². The molecule has 3 aromatic rings. The topological polar surface area (TPSA) is 120 Å². The Morgan fingerprint density at radius 2 is 1.87 bits per heavy atom. The van der Waals surface area contributed by atoms with Crippen LogP contribution in [0.4, 0.5) is 11.4 Å². The highest BCUT2D eigenvalue weighted by molar-refractivity contribution is 6.12. The molecule has 3 rings (SSSR count). The summed E-state index contributed by atoms with van der Waals surface area (Å²) in [5.74, 6) is -0.655. The summed E-state index contributed by atoms with van der Waals surface area (Å²) < 4.78 is 0. The molecule has 0 atom stereocenters. The standard InChI is InChI=1S/C15H13N5O3/c1-8(21)19-9-3-2-4-10(5-9)20-14(22)11-6-16-13-12(11)15(23)18-7-17-13/h2-7H,1H3,(H,19,21)(H,20,22)(H2,16,17,18,23). The lowest BCUT2D eigenvalue weighted by molar-refractivity contribution is -0.114. The first kappa shape index (κ1) is 14.5. The second-order valence-corrected chi connectivity index (χ2v) is 4.87. The minimum atomic E-state index is -0.449. The summed E-state index contributed by atoms with van der Waals surface area (Å²) in [4.78, 5) is 44.5. The van der Waals surface area contributed by atoms with Gasteiger partial charge in [-0.2, -0.15) is 0 Å². The fourth-order valence-corrected chi connectivity index (χ4v) is 2.23. The van der Waals surface area contributed by atoms with E-state index in [0.29, 0.717) is 17.0 Å². The monoisotopic (exact) mass is 311 g/mol. The Labute approximate surface area is 129 Å². The van der Waals surface area contributed by atoms with Crippen molar-refractivity contribution in [2.24, 2.45) is 0 Å². The van der Waals surface area contributed by atoms with Gasteiger partial charge in [-0.3, -0.25) is 14.4 Å². The molecule has 23 heavy (non-hydrogen) atoms. The normalized spacial score (nSPS) is 10.5. The third-order valence-electron chi connectivity index (χ3n) is 3.16. The van der Waals surface area contributed by atoms with E-state index in [1.807, 2.05) is 0 Å². The van der Waals surface area contributed by atoms with E-state index in [2.05, 4.69) is 25.6 Å². The summed E-state index contributed by atoms with van der Waals surface area (Å²) in [5, 5.41) is 5.51. The van der Waals surface area contributed by atoms with E-state index in [1.165, 1.54) is 19.4 Å². The maximum Gasteiger partial charge on any atom is 0.261 e. The summed E-state index contributed by atoms with van der Waals surface area (Å²) >= 11 is 0. The van der Waals surface area contributed by atoms with Crippen LogP contribution in [-0.2, 0) is 4.79 Å². The van der Waals surface area contributed by atoms with Crippen molar-refractivity contribution in [3.05, 3.63) is 52.7 Å². The number of nitrogens with zero attached hydrogens (tertiary/aromatic N) is 1. The van der Waals surface area contributed by atoms with Crippen molar-refractivity contribution < 1.29 is 9.59 Å². The maximum absolute atomic E-state index is 12.4. The van der Waals surface area contributed by atoms with Crippen molar-refractivity contribution in [1.29, 1.82) is 0 Å². The van der Waals surface area contributed by atoms with Gasteiger partial charge in [0, 0.05) is 24.5 Å². The smallest absolute Gasteiger partial charge is 0.261 e. The molecule has 2 aromatic heterocycles. The molecule has 0 aliphatic heterocycles. The Morgan fingerprint density at radius 1 is 1.13 bits per heavy atom. The first-order valence-electron chi connectivity index (χ1n) is 6.78. The van der Waals surface area contributed by atoms with Gasteiger partial charge >= 0.3 is 0 Å². The Morgan fingerprint density at radius 3 is 2.61 bits per heavy atom. The van der Waals surface area contributed by atoms with Crippen LogP contribution in [0.2, 0.25) is 0 Å². The largest absolute Gasteiger partial charge is 0.345 e. The number of rotatable bonds is 3. The average molecular weight is 311 g/mol. The van der Waals surface area contributed by atoms with E-state index in [4.69, 9.17) is 0 Å². The lowest BCUT2D eigenvalue weighted by Gasteiger charge is -2.07. The Balaban J connectivity index is 1.89. The van der Waals surface area contributed by atoms with Crippen LogP contribution >= 0.6 is 0 Å². The van der Waals surface area contributed by atoms with Crippen LogP contribution in [0.3, 0.4) is 0 Å². The van der Waals surface area contributed by atoms with E-state index in [1.54, 1.807) is 24.3 Å². The fourth-order valence-electron chi connectivity index (χ4n) is 2.23. The summed E-state index contributed by atoms with van der Waals surface area (Å²) in [7, 11) is 0. The van der Waals surface area contributed by atoms with Crippen LogP contribution in [0, 0.1) is 0 Å². The zero-order chi connectivity index (χ0) is 16.4. The lowest BCUT2D eigenvalue weighted by Crippen LogP contribution is -2.15. The summed E-state index contributed by atoms with van der Waals surface area (Å²) in [6, 6.07) is 6.71. The van der Waals surface area contributed by atoms with Crippen molar-refractivity contribution in [2.75, 3.05) is 10.6 Å². The average Bonchev–Trinajstić information content (AvgIpc) is 2.92. The van der Waals surface area contributed by atoms with E-state index in [9.17, 15) is 14.4 Å². The van der Waals surface area contributed by atoms with Gasteiger partial charge in [-0.15, -0.1) is 0 Å². The molecule has 8 nitrogen and oxygen atoms in total. The van der Waals surface area contributed by atoms with E-state index >= 15 is 0 Å². The Hall–Kier alpha value is -3.42. The molecular weight excluding hydrogens is 298 g/mol. The molecule has 0 saturated heterocycles. The molecule has 1 aromatic carbocycles. The van der Waals surface area contributed by atoms with Gasteiger partial charge < -0.3 is 20.6 Å². The molecule has 0 unspecified atom stereocenters. The molecule has 116 valence electrons. The van der Waals surface area contributed by atoms with Crippen LogP contribution in [0.15, 0.2) is 41.6 Å². The number of carbonyl (C=O) groups excluding carboxylic acids is 2. The number of fused-ring (bicyclic) bond motifs is 1. The minimum Gasteiger partial charge on any atom is -0.345 e. The Bertz CT molecular complexity index is 957. The highest BCUT2D eigenvalue weighted by atomic mass is 16.2. The molecule has 8 heteroatoms. The molecule has 0 radical (unpaired) electrons. The number of aromatic amines is 2. The molecule has 0 spiro atoms. The maximum atomic E-state index is 12.4. The SMILES string of the molecule is CC(=O)Nc1cccc(NC(=O)c2c[nH]c3nc[nH]c(=O)c23)c1. The molecule has 0 aliphatic rings. The molecule has 2 heterocycles. The van der Waals surface area contributed by atoms with Gasteiger partial charge in [0.05, 0.1) is 17.3 Å². The highest BCUT2D eigenvalue weighted by Crippen LogP contribution is 2.18. The number of aromatic nitrogens is 3. The van der Waals surface area contributed by atoms with Crippen molar-refractivity contribution in [3.63, 3.8) is 0 Å². The lowest BCUT2D eigenvalue weighted by atomic mass is 10.2. The van der Waals surface area contributed by atoms with Crippen LogP contribution < -0.4 is 16.2 Å².